The Morgan fingerprint density at radius 2 is 1.93 bits per heavy atom. The zero-order chi connectivity index (χ0) is 11.1. The summed E-state index contributed by atoms with van der Waals surface area (Å²) in [6.07, 6.45) is 7.22. The third-order valence-corrected chi connectivity index (χ3v) is 2.22. The van der Waals surface area contributed by atoms with E-state index in [-0.39, 0.29) is 0 Å². The van der Waals surface area contributed by atoms with E-state index in [1.807, 2.05) is 6.92 Å². The maximum absolute atomic E-state index is 10.1. The van der Waals surface area contributed by atoms with E-state index in [1.165, 1.54) is 17.2 Å². The van der Waals surface area contributed by atoms with Gasteiger partial charge >= 0.3 is 0 Å². The van der Waals surface area contributed by atoms with Crippen molar-refractivity contribution < 1.29 is 4.79 Å². The summed E-state index contributed by atoms with van der Waals surface area (Å²) in [5, 5.41) is 0. The summed E-state index contributed by atoms with van der Waals surface area (Å²) in [5.74, 6) is 0. The van der Waals surface area contributed by atoms with Crippen LogP contribution in [0.3, 0.4) is 0 Å². The van der Waals surface area contributed by atoms with E-state index in [0.717, 1.165) is 18.3 Å². The van der Waals surface area contributed by atoms with Crippen LogP contribution in [0.5, 0.6) is 0 Å². The summed E-state index contributed by atoms with van der Waals surface area (Å²) in [5.41, 5.74) is 3.58. The minimum Gasteiger partial charge on any atom is -0.299 e. The molecular weight excluding hydrogens is 184 g/mol. The fraction of sp³-hybridized carbons (Fsp3) is 0.214. The molecule has 1 rings (SSSR count). The lowest BCUT2D eigenvalue weighted by molar-refractivity contribution is -0.104. The van der Waals surface area contributed by atoms with Gasteiger partial charge in [0.15, 0.2) is 0 Å². The zero-order valence-corrected chi connectivity index (χ0v) is 9.23. The molecular formula is C14H16O. The highest BCUT2D eigenvalue weighted by atomic mass is 16.1. The second-order valence-electron chi connectivity index (χ2n) is 3.48. The summed E-state index contributed by atoms with van der Waals surface area (Å²) in [6.45, 7) is 4.12. The van der Waals surface area contributed by atoms with Gasteiger partial charge in [0.05, 0.1) is 0 Å². The quantitative estimate of drug-likeness (QED) is 0.413. The van der Waals surface area contributed by atoms with Crippen molar-refractivity contribution in [2.45, 2.75) is 20.3 Å². The number of allylic oxidation sites excluding steroid dienone is 3. The number of carbonyl (C=O) groups excluding carboxylic acids is 1. The van der Waals surface area contributed by atoms with E-state index in [4.69, 9.17) is 0 Å². The summed E-state index contributed by atoms with van der Waals surface area (Å²) >= 11 is 0. The molecule has 0 aliphatic heterocycles. The van der Waals surface area contributed by atoms with Crippen LogP contribution in [0.1, 0.15) is 25.0 Å². The third-order valence-electron chi connectivity index (χ3n) is 2.22. The zero-order valence-electron chi connectivity index (χ0n) is 9.23. The van der Waals surface area contributed by atoms with E-state index in [1.54, 1.807) is 6.08 Å². The van der Waals surface area contributed by atoms with Crippen LogP contribution >= 0.6 is 0 Å². The highest BCUT2D eigenvalue weighted by Crippen LogP contribution is 2.09. The fourth-order valence-corrected chi connectivity index (χ4v) is 1.35. The second kappa shape index (κ2) is 5.97. The Balaban J connectivity index is 2.79. The van der Waals surface area contributed by atoms with Gasteiger partial charge in [0.1, 0.15) is 6.29 Å². The molecule has 1 aromatic rings. The van der Waals surface area contributed by atoms with Crippen LogP contribution < -0.4 is 0 Å². The van der Waals surface area contributed by atoms with Crippen molar-refractivity contribution in [3.05, 3.63) is 53.1 Å². The molecule has 0 aliphatic carbocycles. The Hall–Kier alpha value is -1.63. The Bertz CT molecular complexity index is 369. The van der Waals surface area contributed by atoms with Crippen molar-refractivity contribution in [3.8, 4) is 0 Å². The van der Waals surface area contributed by atoms with Crippen LogP contribution in [-0.4, -0.2) is 6.29 Å². The lowest BCUT2D eigenvalue weighted by Crippen LogP contribution is -1.80. The molecule has 0 spiro atoms. The molecule has 0 radical (unpaired) electrons. The van der Waals surface area contributed by atoms with Gasteiger partial charge in [-0.05, 0) is 30.5 Å². The predicted molar refractivity (Wildman–Crippen MR) is 64.7 cm³/mol. The molecule has 0 unspecified atom stereocenters. The lowest BCUT2D eigenvalue weighted by Gasteiger charge is -1.98. The first kappa shape index (κ1) is 11.4. The van der Waals surface area contributed by atoms with Gasteiger partial charge in [0, 0.05) is 0 Å². The lowest BCUT2D eigenvalue weighted by atomic mass is 10.1. The average Bonchev–Trinajstić information content (AvgIpc) is 2.27. The van der Waals surface area contributed by atoms with Gasteiger partial charge in [-0.15, -0.1) is 0 Å². The summed E-state index contributed by atoms with van der Waals surface area (Å²) in [4.78, 5) is 10.1. The number of carbonyl (C=O) groups is 1. The molecule has 0 bridgehead atoms. The van der Waals surface area contributed by atoms with Crippen molar-refractivity contribution in [2.24, 2.45) is 0 Å². The molecule has 0 atom stereocenters. The Morgan fingerprint density at radius 1 is 1.27 bits per heavy atom. The van der Waals surface area contributed by atoms with Crippen molar-refractivity contribution in [2.75, 3.05) is 0 Å². The minimum atomic E-state index is 0.789. The molecule has 1 heteroatoms. The standard InChI is InChI=1S/C14H16O/c1-3-13-6-8-14(9-7-13)11-12(2)5-4-10-15/h4-11H,3H2,1-2H3/b5-4-,12-11+. The largest absolute Gasteiger partial charge is 0.299 e. The van der Waals surface area contributed by atoms with Gasteiger partial charge in [-0.3, -0.25) is 4.79 Å². The first-order chi connectivity index (χ1) is 7.26. The van der Waals surface area contributed by atoms with Gasteiger partial charge in [0.25, 0.3) is 0 Å². The van der Waals surface area contributed by atoms with Gasteiger partial charge in [-0.25, -0.2) is 0 Å². The average molecular weight is 200 g/mol. The van der Waals surface area contributed by atoms with Crippen LogP contribution in [0.15, 0.2) is 42.0 Å². The monoisotopic (exact) mass is 200 g/mol. The Labute approximate surface area is 91.1 Å². The molecule has 0 saturated heterocycles. The Morgan fingerprint density at radius 3 is 2.47 bits per heavy atom. The molecule has 0 saturated carbocycles. The number of hydrogen-bond acceptors (Lipinski definition) is 1. The van der Waals surface area contributed by atoms with Crippen molar-refractivity contribution >= 4 is 12.4 Å². The first-order valence-electron chi connectivity index (χ1n) is 5.15. The van der Waals surface area contributed by atoms with Gasteiger partial charge < -0.3 is 0 Å². The topological polar surface area (TPSA) is 17.1 Å². The number of hydrogen-bond donors (Lipinski definition) is 0. The summed E-state index contributed by atoms with van der Waals surface area (Å²) in [7, 11) is 0. The number of aldehydes is 1. The van der Waals surface area contributed by atoms with Crippen molar-refractivity contribution in [1.82, 2.24) is 0 Å². The third kappa shape index (κ3) is 3.94. The number of rotatable bonds is 4. The van der Waals surface area contributed by atoms with Gasteiger partial charge in [0.2, 0.25) is 0 Å². The van der Waals surface area contributed by atoms with Gasteiger partial charge in [-0.2, -0.15) is 0 Å². The van der Waals surface area contributed by atoms with E-state index in [9.17, 15) is 4.79 Å². The highest BCUT2D eigenvalue weighted by Gasteiger charge is 1.90. The molecule has 0 heterocycles. The SMILES string of the molecule is CCc1ccc(/C=C(C)/C=C\C=O)cc1. The summed E-state index contributed by atoms with van der Waals surface area (Å²) < 4.78 is 0. The first-order valence-corrected chi connectivity index (χ1v) is 5.15. The van der Waals surface area contributed by atoms with Gasteiger partial charge in [-0.1, -0.05) is 48.9 Å². The molecule has 0 aliphatic rings. The molecule has 0 fully saturated rings. The smallest absolute Gasteiger partial charge is 0.142 e. The molecule has 0 aromatic heterocycles. The molecule has 0 N–H and O–H groups in total. The van der Waals surface area contributed by atoms with Crippen LogP contribution in [0.4, 0.5) is 0 Å². The molecule has 15 heavy (non-hydrogen) atoms. The Kier molecular flexibility index (Phi) is 4.55. The minimum absolute atomic E-state index is 0.789. The van der Waals surface area contributed by atoms with Crippen molar-refractivity contribution in [1.29, 1.82) is 0 Å². The van der Waals surface area contributed by atoms with Crippen LogP contribution in [0, 0.1) is 0 Å². The van der Waals surface area contributed by atoms with Crippen LogP contribution in [-0.2, 0) is 11.2 Å². The van der Waals surface area contributed by atoms with E-state index < -0.39 is 0 Å². The van der Waals surface area contributed by atoms with Crippen LogP contribution in [0.2, 0.25) is 0 Å². The van der Waals surface area contributed by atoms with E-state index in [2.05, 4.69) is 37.3 Å². The molecule has 1 aromatic carbocycles. The maximum Gasteiger partial charge on any atom is 0.142 e. The number of aryl methyl sites for hydroxylation is 1. The molecule has 0 amide bonds. The second-order valence-corrected chi connectivity index (χ2v) is 3.48. The summed E-state index contributed by atoms with van der Waals surface area (Å²) in [6, 6.07) is 8.44. The molecule has 78 valence electrons. The molecule has 1 nitrogen and oxygen atoms in total. The number of benzene rings is 1. The van der Waals surface area contributed by atoms with Crippen LogP contribution in [0.25, 0.3) is 6.08 Å². The highest BCUT2D eigenvalue weighted by molar-refractivity contribution is 5.67. The maximum atomic E-state index is 10.1. The van der Waals surface area contributed by atoms with E-state index in [0.29, 0.717) is 0 Å². The van der Waals surface area contributed by atoms with Crippen molar-refractivity contribution in [3.63, 3.8) is 0 Å². The van der Waals surface area contributed by atoms with E-state index >= 15 is 0 Å². The predicted octanol–water partition coefficient (Wildman–Crippen LogP) is 3.41. The normalized spacial score (nSPS) is 12.0. The fourth-order valence-electron chi connectivity index (χ4n) is 1.35.